The number of carbonyl (C=O) groups excluding carboxylic acids is 1. The Kier molecular flexibility index (Phi) is 7.09. The summed E-state index contributed by atoms with van der Waals surface area (Å²) in [6.07, 6.45) is 3.48. The molecule has 0 spiro atoms. The average molecular weight is 495 g/mol. The van der Waals surface area contributed by atoms with Gasteiger partial charge in [0.25, 0.3) is 0 Å². The van der Waals surface area contributed by atoms with E-state index in [1.165, 1.54) is 18.1 Å². The number of sulfonamides is 1. The molecule has 0 radical (unpaired) electrons. The van der Waals surface area contributed by atoms with Crippen LogP contribution in [0.25, 0.3) is 12.2 Å². The summed E-state index contributed by atoms with van der Waals surface area (Å²) in [5.41, 5.74) is 5.48. The van der Waals surface area contributed by atoms with Crippen molar-refractivity contribution in [2.45, 2.75) is 32.6 Å². The summed E-state index contributed by atoms with van der Waals surface area (Å²) < 4.78 is 33.2. The highest BCUT2D eigenvalue weighted by atomic mass is 32.2. The Labute approximate surface area is 206 Å². The number of rotatable bonds is 6. The van der Waals surface area contributed by atoms with Gasteiger partial charge >= 0.3 is 0 Å². The molecule has 0 atom stereocenters. The molecule has 4 rings (SSSR count). The van der Waals surface area contributed by atoms with Gasteiger partial charge in [0.15, 0.2) is 5.76 Å². The molecular weight excluding hydrogens is 464 g/mol. The van der Waals surface area contributed by atoms with E-state index in [9.17, 15) is 13.2 Å². The summed E-state index contributed by atoms with van der Waals surface area (Å²) in [6.45, 7) is 9.50. The Morgan fingerprint density at radius 3 is 2.31 bits per heavy atom. The standard InChI is InChI=1S/C26H30N4O4S/c1-18-5-11-24(19(2)17-18)29-13-15-30(16-14-29)35(32,33)23-9-6-22(7-10-23)8-12-25-26(27-21(4)31)20(3)28-34-25/h5-12,17H,13-16H2,1-4H3,(H,27,31)/b12-8-. The lowest BCUT2D eigenvalue weighted by Gasteiger charge is -2.36. The van der Waals surface area contributed by atoms with Crippen LogP contribution in [0.4, 0.5) is 11.4 Å². The molecular formula is C26H30N4O4S. The summed E-state index contributed by atoms with van der Waals surface area (Å²) in [7, 11) is -3.58. The van der Waals surface area contributed by atoms with Gasteiger partial charge in [-0.2, -0.15) is 4.31 Å². The summed E-state index contributed by atoms with van der Waals surface area (Å²) in [6, 6.07) is 13.1. The second kappa shape index (κ2) is 10.1. The zero-order chi connectivity index (χ0) is 25.2. The molecule has 1 N–H and O–H groups in total. The van der Waals surface area contributed by atoms with E-state index in [2.05, 4.69) is 47.4 Å². The van der Waals surface area contributed by atoms with Crippen molar-refractivity contribution in [3.63, 3.8) is 0 Å². The van der Waals surface area contributed by atoms with Gasteiger partial charge in [0.05, 0.1) is 4.90 Å². The highest BCUT2D eigenvalue weighted by Crippen LogP contribution is 2.26. The molecule has 1 amide bonds. The van der Waals surface area contributed by atoms with Crippen molar-refractivity contribution in [3.8, 4) is 0 Å². The molecule has 1 aromatic heterocycles. The Morgan fingerprint density at radius 2 is 1.69 bits per heavy atom. The van der Waals surface area contributed by atoms with Crippen LogP contribution in [0, 0.1) is 20.8 Å². The van der Waals surface area contributed by atoms with Gasteiger partial charge in [0.2, 0.25) is 15.9 Å². The number of piperazine rings is 1. The van der Waals surface area contributed by atoms with E-state index in [4.69, 9.17) is 4.52 Å². The minimum Gasteiger partial charge on any atom is -0.369 e. The third-order valence-electron chi connectivity index (χ3n) is 6.07. The van der Waals surface area contributed by atoms with E-state index >= 15 is 0 Å². The van der Waals surface area contributed by atoms with Crippen LogP contribution in [0.2, 0.25) is 0 Å². The molecule has 1 aliphatic rings. The molecule has 1 fully saturated rings. The van der Waals surface area contributed by atoms with Gasteiger partial charge in [0, 0.05) is 38.8 Å². The van der Waals surface area contributed by atoms with Crippen molar-refractivity contribution in [1.82, 2.24) is 9.46 Å². The maximum Gasteiger partial charge on any atom is 0.243 e. The first-order valence-corrected chi connectivity index (χ1v) is 12.9. The second-order valence-corrected chi connectivity index (χ2v) is 10.7. The van der Waals surface area contributed by atoms with Crippen LogP contribution < -0.4 is 10.2 Å². The van der Waals surface area contributed by atoms with Gasteiger partial charge in [0.1, 0.15) is 11.4 Å². The molecule has 2 aromatic carbocycles. The van der Waals surface area contributed by atoms with Crippen LogP contribution >= 0.6 is 0 Å². The predicted octanol–water partition coefficient (Wildman–Crippen LogP) is 4.24. The number of amides is 1. The van der Waals surface area contributed by atoms with Crippen LogP contribution in [-0.2, 0) is 14.8 Å². The normalized spacial score (nSPS) is 15.0. The van der Waals surface area contributed by atoms with Crippen LogP contribution in [0.5, 0.6) is 0 Å². The van der Waals surface area contributed by atoms with Crippen LogP contribution in [0.1, 0.15) is 35.1 Å². The van der Waals surface area contributed by atoms with E-state index in [1.807, 2.05) is 0 Å². The number of nitrogens with zero attached hydrogens (tertiary/aromatic N) is 3. The lowest BCUT2D eigenvalue weighted by Crippen LogP contribution is -2.48. The fraction of sp³-hybridized carbons (Fsp3) is 0.308. The molecule has 0 unspecified atom stereocenters. The quantitative estimate of drug-likeness (QED) is 0.551. The summed E-state index contributed by atoms with van der Waals surface area (Å²) in [5.74, 6) is 0.214. The molecule has 0 bridgehead atoms. The molecule has 184 valence electrons. The van der Waals surface area contributed by atoms with E-state index in [0.717, 1.165) is 11.3 Å². The zero-order valence-electron chi connectivity index (χ0n) is 20.4. The van der Waals surface area contributed by atoms with Crippen molar-refractivity contribution >= 4 is 39.5 Å². The first-order valence-electron chi connectivity index (χ1n) is 11.5. The fourth-order valence-corrected chi connectivity index (χ4v) is 5.65. The third kappa shape index (κ3) is 5.47. The van der Waals surface area contributed by atoms with Crippen molar-refractivity contribution in [1.29, 1.82) is 0 Å². The molecule has 1 saturated heterocycles. The number of benzene rings is 2. The minimum atomic E-state index is -3.58. The van der Waals surface area contributed by atoms with Gasteiger partial charge in [-0.15, -0.1) is 0 Å². The molecule has 3 aromatic rings. The monoisotopic (exact) mass is 494 g/mol. The van der Waals surface area contributed by atoms with E-state index in [-0.39, 0.29) is 10.8 Å². The number of nitrogens with one attached hydrogen (secondary N) is 1. The number of aryl methyl sites for hydroxylation is 3. The SMILES string of the molecule is CC(=O)Nc1c(C)noc1/C=C\c1ccc(S(=O)(=O)N2CCN(c3ccc(C)cc3C)CC2)cc1. The lowest BCUT2D eigenvalue weighted by atomic mass is 10.1. The molecule has 0 saturated carbocycles. The first kappa shape index (κ1) is 24.7. The largest absolute Gasteiger partial charge is 0.369 e. The number of hydrogen-bond acceptors (Lipinski definition) is 6. The van der Waals surface area contributed by atoms with Crippen molar-refractivity contribution in [2.24, 2.45) is 0 Å². The Bertz CT molecular complexity index is 1350. The minimum absolute atomic E-state index is 0.213. The zero-order valence-corrected chi connectivity index (χ0v) is 21.2. The van der Waals surface area contributed by atoms with E-state index in [0.29, 0.717) is 43.3 Å². The molecule has 2 heterocycles. The highest BCUT2D eigenvalue weighted by molar-refractivity contribution is 7.89. The Balaban J connectivity index is 1.43. The third-order valence-corrected chi connectivity index (χ3v) is 7.98. The van der Waals surface area contributed by atoms with Gasteiger partial charge < -0.3 is 14.7 Å². The van der Waals surface area contributed by atoms with Gasteiger partial charge in [-0.25, -0.2) is 8.42 Å². The molecule has 0 aliphatic carbocycles. The van der Waals surface area contributed by atoms with Gasteiger partial charge in [-0.3, -0.25) is 4.79 Å². The number of anilines is 2. The maximum absolute atomic E-state index is 13.2. The molecule has 8 nitrogen and oxygen atoms in total. The van der Waals surface area contributed by atoms with Crippen LogP contribution in [0.3, 0.4) is 0 Å². The van der Waals surface area contributed by atoms with E-state index in [1.54, 1.807) is 47.6 Å². The number of aromatic nitrogens is 1. The highest BCUT2D eigenvalue weighted by Gasteiger charge is 2.28. The Morgan fingerprint density at radius 1 is 1.00 bits per heavy atom. The number of hydrogen-bond donors (Lipinski definition) is 1. The van der Waals surface area contributed by atoms with Crippen molar-refractivity contribution < 1.29 is 17.7 Å². The van der Waals surface area contributed by atoms with Gasteiger partial charge in [-0.05, 0) is 56.2 Å². The number of carbonyl (C=O) groups is 1. The average Bonchev–Trinajstić information content (AvgIpc) is 3.16. The summed E-state index contributed by atoms with van der Waals surface area (Å²) >= 11 is 0. The first-order chi connectivity index (χ1) is 16.6. The van der Waals surface area contributed by atoms with Gasteiger partial charge in [-0.1, -0.05) is 41.1 Å². The smallest absolute Gasteiger partial charge is 0.243 e. The van der Waals surface area contributed by atoms with E-state index < -0.39 is 10.0 Å². The topological polar surface area (TPSA) is 95.8 Å². The van der Waals surface area contributed by atoms with Crippen molar-refractivity contribution in [2.75, 3.05) is 36.4 Å². The molecule has 1 aliphatic heterocycles. The fourth-order valence-electron chi connectivity index (χ4n) is 4.23. The Hall–Kier alpha value is -3.43. The molecule has 9 heteroatoms. The maximum atomic E-state index is 13.2. The van der Waals surface area contributed by atoms with Crippen molar-refractivity contribution in [3.05, 3.63) is 70.6 Å². The predicted molar refractivity (Wildman–Crippen MR) is 138 cm³/mol. The summed E-state index contributed by atoms with van der Waals surface area (Å²) in [5, 5.41) is 6.59. The second-order valence-electron chi connectivity index (χ2n) is 8.77. The molecule has 35 heavy (non-hydrogen) atoms. The van der Waals surface area contributed by atoms with Crippen LogP contribution in [0.15, 0.2) is 51.9 Å². The van der Waals surface area contributed by atoms with Crippen LogP contribution in [-0.4, -0.2) is 50.0 Å². The lowest BCUT2D eigenvalue weighted by molar-refractivity contribution is -0.114. The summed E-state index contributed by atoms with van der Waals surface area (Å²) in [4.78, 5) is 13.9.